The zero-order valence-corrected chi connectivity index (χ0v) is 11.1. The summed E-state index contributed by atoms with van der Waals surface area (Å²) in [5.41, 5.74) is 7.13. The second kappa shape index (κ2) is 6.62. The minimum atomic E-state index is -0.843. The van der Waals surface area contributed by atoms with Gasteiger partial charge < -0.3 is 10.5 Å². The van der Waals surface area contributed by atoms with Gasteiger partial charge in [0.25, 0.3) is 5.69 Å². The highest BCUT2D eigenvalue weighted by Gasteiger charge is 2.17. The van der Waals surface area contributed by atoms with Crippen LogP contribution in [0.5, 0.6) is 0 Å². The van der Waals surface area contributed by atoms with E-state index in [1.54, 1.807) is 36.4 Å². The summed E-state index contributed by atoms with van der Waals surface area (Å²) < 4.78 is 5.11. The standard InChI is InChI=1S/C15H14N2O4/c16-14(12-4-2-1-3-5-12)15(18)21-10-11-6-8-13(9-7-11)17(19)20/h1-9,14H,10,16H2. The molecule has 0 aliphatic rings. The van der Waals surface area contributed by atoms with E-state index >= 15 is 0 Å². The number of rotatable bonds is 5. The molecule has 108 valence electrons. The van der Waals surface area contributed by atoms with Crippen molar-refractivity contribution in [2.75, 3.05) is 0 Å². The maximum Gasteiger partial charge on any atom is 0.327 e. The summed E-state index contributed by atoms with van der Waals surface area (Å²) in [6, 6.07) is 13.9. The molecule has 21 heavy (non-hydrogen) atoms. The van der Waals surface area contributed by atoms with E-state index in [1.165, 1.54) is 12.1 Å². The number of nitrogens with zero attached hydrogens (tertiary/aromatic N) is 1. The maximum absolute atomic E-state index is 11.8. The second-order valence-corrected chi connectivity index (χ2v) is 4.42. The molecular weight excluding hydrogens is 272 g/mol. The fourth-order valence-electron chi connectivity index (χ4n) is 1.75. The lowest BCUT2D eigenvalue weighted by Gasteiger charge is -2.11. The highest BCUT2D eigenvalue weighted by molar-refractivity contribution is 5.77. The molecule has 0 aromatic heterocycles. The number of non-ortho nitro benzene ring substituents is 1. The number of nitro benzene ring substituents is 1. The van der Waals surface area contributed by atoms with Gasteiger partial charge in [-0.25, -0.2) is 4.79 Å². The lowest BCUT2D eigenvalue weighted by Crippen LogP contribution is -2.23. The lowest BCUT2D eigenvalue weighted by molar-refractivity contribution is -0.384. The molecule has 2 aromatic rings. The molecule has 0 fully saturated rings. The summed E-state index contributed by atoms with van der Waals surface area (Å²) in [5, 5.41) is 10.5. The van der Waals surface area contributed by atoms with Crippen molar-refractivity contribution in [1.29, 1.82) is 0 Å². The lowest BCUT2D eigenvalue weighted by atomic mass is 10.1. The van der Waals surface area contributed by atoms with Gasteiger partial charge in [0.05, 0.1) is 4.92 Å². The second-order valence-electron chi connectivity index (χ2n) is 4.42. The number of hydrogen-bond donors (Lipinski definition) is 1. The highest BCUT2D eigenvalue weighted by Crippen LogP contribution is 2.15. The predicted molar refractivity (Wildman–Crippen MR) is 76.3 cm³/mol. The van der Waals surface area contributed by atoms with E-state index in [-0.39, 0.29) is 12.3 Å². The van der Waals surface area contributed by atoms with Crippen molar-refractivity contribution >= 4 is 11.7 Å². The Bertz CT molecular complexity index is 626. The van der Waals surface area contributed by atoms with Crippen LogP contribution in [-0.4, -0.2) is 10.9 Å². The summed E-state index contributed by atoms with van der Waals surface area (Å²) in [6.45, 7) is 0.0252. The van der Waals surface area contributed by atoms with E-state index in [1.807, 2.05) is 6.07 Å². The van der Waals surface area contributed by atoms with E-state index in [0.29, 0.717) is 11.1 Å². The average molecular weight is 286 g/mol. The summed E-state index contributed by atoms with van der Waals surface area (Å²) in [4.78, 5) is 21.9. The van der Waals surface area contributed by atoms with Crippen molar-refractivity contribution < 1.29 is 14.5 Å². The van der Waals surface area contributed by atoms with Gasteiger partial charge >= 0.3 is 5.97 Å². The largest absolute Gasteiger partial charge is 0.459 e. The monoisotopic (exact) mass is 286 g/mol. The molecule has 1 unspecified atom stereocenters. The first-order valence-corrected chi connectivity index (χ1v) is 6.28. The predicted octanol–water partition coefficient (Wildman–Crippen LogP) is 2.34. The average Bonchev–Trinajstić information content (AvgIpc) is 2.53. The van der Waals surface area contributed by atoms with Crippen LogP contribution in [0.15, 0.2) is 54.6 Å². The van der Waals surface area contributed by atoms with E-state index in [2.05, 4.69) is 0 Å². The van der Waals surface area contributed by atoms with Crippen molar-refractivity contribution in [3.8, 4) is 0 Å². The smallest absolute Gasteiger partial charge is 0.327 e. The quantitative estimate of drug-likeness (QED) is 0.517. The van der Waals surface area contributed by atoms with Crippen LogP contribution in [0.3, 0.4) is 0 Å². The zero-order chi connectivity index (χ0) is 15.2. The molecule has 2 rings (SSSR count). The Hall–Kier alpha value is -2.73. The molecule has 0 bridgehead atoms. The van der Waals surface area contributed by atoms with Crippen LogP contribution in [0.25, 0.3) is 0 Å². The fourth-order valence-corrected chi connectivity index (χ4v) is 1.75. The third-order valence-corrected chi connectivity index (χ3v) is 2.94. The molecule has 0 aliphatic carbocycles. The summed E-state index contributed by atoms with van der Waals surface area (Å²) in [5.74, 6) is -0.542. The number of ether oxygens (including phenoxy) is 1. The third kappa shape index (κ3) is 3.87. The molecule has 0 heterocycles. The normalized spacial score (nSPS) is 11.7. The van der Waals surface area contributed by atoms with Crippen LogP contribution in [0.4, 0.5) is 5.69 Å². The Kier molecular flexibility index (Phi) is 4.63. The van der Waals surface area contributed by atoms with Crippen molar-refractivity contribution in [1.82, 2.24) is 0 Å². The van der Waals surface area contributed by atoms with Crippen molar-refractivity contribution in [2.24, 2.45) is 5.73 Å². The van der Waals surface area contributed by atoms with Crippen LogP contribution >= 0.6 is 0 Å². The molecule has 0 spiro atoms. The van der Waals surface area contributed by atoms with Gasteiger partial charge in [0.2, 0.25) is 0 Å². The first-order valence-electron chi connectivity index (χ1n) is 6.28. The molecule has 6 nitrogen and oxygen atoms in total. The highest BCUT2D eigenvalue weighted by atomic mass is 16.6. The van der Waals surface area contributed by atoms with Crippen molar-refractivity contribution in [3.63, 3.8) is 0 Å². The molecule has 0 aliphatic heterocycles. The fraction of sp³-hybridized carbons (Fsp3) is 0.133. The van der Waals surface area contributed by atoms with E-state index < -0.39 is 16.9 Å². The number of nitrogens with two attached hydrogens (primary N) is 1. The molecule has 2 N–H and O–H groups in total. The van der Waals surface area contributed by atoms with Crippen LogP contribution in [-0.2, 0) is 16.1 Å². The van der Waals surface area contributed by atoms with E-state index in [9.17, 15) is 14.9 Å². The number of carbonyl (C=O) groups excluding carboxylic acids is 1. The van der Waals surface area contributed by atoms with Gasteiger partial charge in [-0.2, -0.15) is 0 Å². The van der Waals surface area contributed by atoms with Crippen LogP contribution < -0.4 is 5.73 Å². The molecule has 0 saturated carbocycles. The number of nitro groups is 1. The Morgan fingerprint density at radius 1 is 1.14 bits per heavy atom. The zero-order valence-electron chi connectivity index (χ0n) is 11.1. The van der Waals surface area contributed by atoms with Gasteiger partial charge in [0.1, 0.15) is 12.6 Å². The molecular formula is C15H14N2O4. The number of esters is 1. The topological polar surface area (TPSA) is 95.5 Å². The molecule has 6 heteroatoms. The molecule has 2 aromatic carbocycles. The van der Waals surface area contributed by atoms with Gasteiger partial charge in [-0.05, 0) is 23.3 Å². The van der Waals surface area contributed by atoms with Crippen molar-refractivity contribution in [2.45, 2.75) is 12.6 Å². The van der Waals surface area contributed by atoms with Crippen molar-refractivity contribution in [3.05, 3.63) is 75.8 Å². The Morgan fingerprint density at radius 2 is 1.76 bits per heavy atom. The van der Waals surface area contributed by atoms with Gasteiger partial charge in [0, 0.05) is 12.1 Å². The van der Waals surface area contributed by atoms with Gasteiger partial charge in [-0.3, -0.25) is 10.1 Å². The Morgan fingerprint density at radius 3 is 2.33 bits per heavy atom. The summed E-state index contributed by atoms with van der Waals surface area (Å²) in [7, 11) is 0. The van der Waals surface area contributed by atoms with Gasteiger partial charge in [0.15, 0.2) is 0 Å². The van der Waals surface area contributed by atoms with E-state index in [4.69, 9.17) is 10.5 Å². The summed E-state index contributed by atoms with van der Waals surface area (Å²) in [6.07, 6.45) is 0. The molecule has 0 radical (unpaired) electrons. The number of hydrogen-bond acceptors (Lipinski definition) is 5. The number of benzene rings is 2. The van der Waals surface area contributed by atoms with Crippen LogP contribution in [0.1, 0.15) is 17.2 Å². The summed E-state index contributed by atoms with van der Waals surface area (Å²) >= 11 is 0. The molecule has 1 atom stereocenters. The first-order chi connectivity index (χ1) is 10.1. The van der Waals surface area contributed by atoms with Gasteiger partial charge in [-0.15, -0.1) is 0 Å². The van der Waals surface area contributed by atoms with Crippen LogP contribution in [0, 0.1) is 10.1 Å². The molecule has 0 saturated heterocycles. The van der Waals surface area contributed by atoms with Crippen LogP contribution in [0.2, 0.25) is 0 Å². The Labute approximate surface area is 121 Å². The SMILES string of the molecule is NC(C(=O)OCc1ccc([N+](=O)[O-])cc1)c1ccccc1. The minimum absolute atomic E-state index is 0.00827. The first kappa shape index (κ1) is 14.7. The molecule has 0 amide bonds. The number of carbonyl (C=O) groups is 1. The van der Waals surface area contributed by atoms with Gasteiger partial charge in [-0.1, -0.05) is 30.3 Å². The van der Waals surface area contributed by atoms with E-state index in [0.717, 1.165) is 0 Å². The third-order valence-electron chi connectivity index (χ3n) is 2.94. The minimum Gasteiger partial charge on any atom is -0.459 e. The maximum atomic E-state index is 11.8. The Balaban J connectivity index is 1.93.